The molecule has 0 radical (unpaired) electrons. The first-order valence-corrected chi connectivity index (χ1v) is 7.58. The number of hydrogen-bond donors (Lipinski definition) is 1. The van der Waals surface area contributed by atoms with Gasteiger partial charge in [0.25, 0.3) is 0 Å². The molecule has 0 rings (SSSR count). The molecule has 0 aromatic carbocycles. The van der Waals surface area contributed by atoms with Gasteiger partial charge in [0.15, 0.2) is 0 Å². The average molecular weight is 258 g/mol. The van der Waals surface area contributed by atoms with Crippen molar-refractivity contribution in [2.45, 2.75) is 72.0 Å². The van der Waals surface area contributed by atoms with Crippen molar-refractivity contribution in [3.05, 3.63) is 0 Å². The van der Waals surface area contributed by atoms with E-state index in [0.29, 0.717) is 18.1 Å². The molecule has 0 aliphatic rings. The monoisotopic (exact) mass is 258 g/mol. The molecule has 0 heterocycles. The molecule has 0 spiro atoms. The quantitative estimate of drug-likeness (QED) is 0.617. The minimum Gasteiger partial charge on any atom is -0.383 e. The fourth-order valence-corrected chi connectivity index (χ4v) is 2.34. The first kappa shape index (κ1) is 17.9. The smallest absolute Gasteiger partial charge is 0.0589 e. The summed E-state index contributed by atoms with van der Waals surface area (Å²) >= 11 is 0. The Labute approximate surface area is 114 Å². The molecule has 3 heteroatoms. The summed E-state index contributed by atoms with van der Waals surface area (Å²) in [6.45, 7) is 14.3. The van der Waals surface area contributed by atoms with Crippen LogP contribution in [0.25, 0.3) is 0 Å². The number of nitrogens with zero attached hydrogens (tertiary/aromatic N) is 1. The Hall–Kier alpha value is -0.120. The van der Waals surface area contributed by atoms with Crippen LogP contribution in [0, 0.1) is 0 Å². The second-order valence-corrected chi connectivity index (χ2v) is 5.26. The minimum atomic E-state index is 0.565. The maximum atomic E-state index is 5.22. The highest BCUT2D eigenvalue weighted by molar-refractivity contribution is 4.76. The van der Waals surface area contributed by atoms with E-state index < -0.39 is 0 Å². The summed E-state index contributed by atoms with van der Waals surface area (Å²) in [5.74, 6) is 0. The lowest BCUT2D eigenvalue weighted by Gasteiger charge is -2.35. The van der Waals surface area contributed by atoms with E-state index >= 15 is 0 Å². The maximum absolute atomic E-state index is 5.22. The van der Waals surface area contributed by atoms with Crippen molar-refractivity contribution in [3.8, 4) is 0 Å². The lowest BCUT2D eigenvalue weighted by atomic mass is 10.1. The van der Waals surface area contributed by atoms with Crippen LogP contribution in [-0.4, -0.2) is 49.8 Å². The summed E-state index contributed by atoms with van der Waals surface area (Å²) in [6, 6.07) is 1.85. The largest absolute Gasteiger partial charge is 0.383 e. The van der Waals surface area contributed by atoms with Gasteiger partial charge in [-0.3, -0.25) is 4.90 Å². The lowest BCUT2D eigenvalue weighted by Crippen LogP contribution is -2.48. The van der Waals surface area contributed by atoms with Gasteiger partial charge >= 0.3 is 0 Å². The summed E-state index contributed by atoms with van der Waals surface area (Å²) < 4.78 is 5.22. The number of nitrogens with one attached hydrogen (secondary N) is 1. The number of hydrogen-bond acceptors (Lipinski definition) is 3. The zero-order valence-corrected chi connectivity index (χ0v) is 13.3. The normalized spacial score (nSPS) is 15.3. The van der Waals surface area contributed by atoms with Crippen LogP contribution in [-0.2, 0) is 4.74 Å². The van der Waals surface area contributed by atoms with E-state index in [1.807, 2.05) is 0 Å². The molecule has 110 valence electrons. The Balaban J connectivity index is 4.22. The standard InChI is InChI=1S/C15H34N2O/c1-7-13(4)17(10-11-18-6)14(5)12-16-15(8-2)9-3/h13-16H,7-12H2,1-6H3. The summed E-state index contributed by atoms with van der Waals surface area (Å²) in [6.07, 6.45) is 3.62. The SMILES string of the molecule is CCC(CC)NCC(C)N(CCOC)C(C)CC. The van der Waals surface area contributed by atoms with Gasteiger partial charge in [-0.05, 0) is 33.1 Å². The molecule has 1 N–H and O–H groups in total. The molecular weight excluding hydrogens is 224 g/mol. The number of rotatable bonds is 11. The van der Waals surface area contributed by atoms with E-state index in [1.54, 1.807) is 7.11 Å². The molecule has 0 saturated heterocycles. The van der Waals surface area contributed by atoms with Crippen molar-refractivity contribution in [3.63, 3.8) is 0 Å². The zero-order valence-electron chi connectivity index (χ0n) is 13.3. The van der Waals surface area contributed by atoms with Gasteiger partial charge in [-0.2, -0.15) is 0 Å². The molecule has 2 atom stereocenters. The molecule has 2 unspecified atom stereocenters. The Morgan fingerprint density at radius 2 is 1.61 bits per heavy atom. The Morgan fingerprint density at radius 1 is 1.00 bits per heavy atom. The van der Waals surface area contributed by atoms with Gasteiger partial charge in [0.05, 0.1) is 6.61 Å². The van der Waals surface area contributed by atoms with Gasteiger partial charge in [-0.25, -0.2) is 0 Å². The van der Waals surface area contributed by atoms with Crippen LogP contribution in [0.3, 0.4) is 0 Å². The van der Waals surface area contributed by atoms with Gasteiger partial charge in [-0.1, -0.05) is 20.8 Å². The summed E-state index contributed by atoms with van der Waals surface area (Å²) in [4.78, 5) is 2.55. The molecule has 0 amide bonds. The third-order valence-corrected chi connectivity index (χ3v) is 3.96. The molecule has 3 nitrogen and oxygen atoms in total. The number of ether oxygens (including phenoxy) is 1. The van der Waals surface area contributed by atoms with Crippen LogP contribution in [0.5, 0.6) is 0 Å². The van der Waals surface area contributed by atoms with Crippen LogP contribution < -0.4 is 5.32 Å². The molecule has 0 aromatic heterocycles. The van der Waals surface area contributed by atoms with E-state index in [4.69, 9.17) is 4.74 Å². The van der Waals surface area contributed by atoms with Crippen molar-refractivity contribution in [1.29, 1.82) is 0 Å². The van der Waals surface area contributed by atoms with Crippen molar-refractivity contribution in [2.75, 3.05) is 26.8 Å². The number of methoxy groups -OCH3 is 1. The van der Waals surface area contributed by atoms with Crippen molar-refractivity contribution in [1.82, 2.24) is 10.2 Å². The zero-order chi connectivity index (χ0) is 14.0. The summed E-state index contributed by atoms with van der Waals surface area (Å²) in [5.41, 5.74) is 0. The third kappa shape index (κ3) is 6.72. The minimum absolute atomic E-state index is 0.565. The highest BCUT2D eigenvalue weighted by Crippen LogP contribution is 2.09. The fourth-order valence-electron chi connectivity index (χ4n) is 2.34. The maximum Gasteiger partial charge on any atom is 0.0589 e. The summed E-state index contributed by atoms with van der Waals surface area (Å²) in [7, 11) is 1.78. The molecule has 0 fully saturated rings. The van der Waals surface area contributed by atoms with Gasteiger partial charge in [0.1, 0.15) is 0 Å². The Morgan fingerprint density at radius 3 is 2.06 bits per heavy atom. The topological polar surface area (TPSA) is 24.5 Å². The van der Waals surface area contributed by atoms with Gasteiger partial charge in [0.2, 0.25) is 0 Å². The fraction of sp³-hybridized carbons (Fsp3) is 1.00. The van der Waals surface area contributed by atoms with E-state index in [-0.39, 0.29) is 0 Å². The van der Waals surface area contributed by atoms with Crippen molar-refractivity contribution in [2.24, 2.45) is 0 Å². The first-order chi connectivity index (χ1) is 8.60. The van der Waals surface area contributed by atoms with E-state index in [1.165, 1.54) is 19.3 Å². The molecule has 18 heavy (non-hydrogen) atoms. The predicted octanol–water partition coefficient (Wildman–Crippen LogP) is 2.90. The van der Waals surface area contributed by atoms with Gasteiger partial charge in [0, 0.05) is 38.3 Å². The van der Waals surface area contributed by atoms with Crippen LogP contribution >= 0.6 is 0 Å². The van der Waals surface area contributed by atoms with E-state index in [2.05, 4.69) is 44.8 Å². The average Bonchev–Trinajstić information content (AvgIpc) is 2.39. The molecule has 0 bridgehead atoms. The highest BCUT2D eigenvalue weighted by Gasteiger charge is 2.19. The first-order valence-electron chi connectivity index (χ1n) is 7.58. The third-order valence-electron chi connectivity index (χ3n) is 3.96. The van der Waals surface area contributed by atoms with Crippen molar-refractivity contribution >= 4 is 0 Å². The predicted molar refractivity (Wildman–Crippen MR) is 80.2 cm³/mol. The van der Waals surface area contributed by atoms with Crippen LogP contribution in [0.4, 0.5) is 0 Å². The molecule has 0 aliphatic heterocycles. The van der Waals surface area contributed by atoms with Crippen LogP contribution in [0.1, 0.15) is 53.9 Å². The molecule has 0 aromatic rings. The second kappa shape index (κ2) is 10.8. The molecule has 0 aliphatic carbocycles. The van der Waals surface area contributed by atoms with Gasteiger partial charge in [-0.15, -0.1) is 0 Å². The van der Waals surface area contributed by atoms with E-state index in [0.717, 1.165) is 19.7 Å². The van der Waals surface area contributed by atoms with Crippen molar-refractivity contribution < 1.29 is 4.74 Å². The van der Waals surface area contributed by atoms with Crippen LogP contribution in [0.15, 0.2) is 0 Å². The Kier molecular flexibility index (Phi) is 10.7. The molecular formula is C15H34N2O. The lowest BCUT2D eigenvalue weighted by molar-refractivity contribution is 0.0922. The van der Waals surface area contributed by atoms with Crippen LogP contribution in [0.2, 0.25) is 0 Å². The second-order valence-electron chi connectivity index (χ2n) is 5.26. The van der Waals surface area contributed by atoms with E-state index in [9.17, 15) is 0 Å². The molecule has 0 saturated carbocycles. The highest BCUT2D eigenvalue weighted by atomic mass is 16.5. The Bertz CT molecular complexity index is 183. The van der Waals surface area contributed by atoms with Gasteiger partial charge < -0.3 is 10.1 Å². The summed E-state index contributed by atoms with van der Waals surface area (Å²) in [5, 5.41) is 3.67.